The highest BCUT2D eigenvalue weighted by molar-refractivity contribution is 7.55. The van der Waals surface area contributed by atoms with Gasteiger partial charge in [0.25, 0.3) is 0 Å². The Hall–Kier alpha value is -4.77. The minimum absolute atomic E-state index is 0.00809. The van der Waals surface area contributed by atoms with Gasteiger partial charge in [-0.15, -0.1) is 0 Å². The van der Waals surface area contributed by atoms with E-state index in [1.54, 1.807) is 78.9 Å². The maximum absolute atomic E-state index is 14.8. The average Bonchev–Trinajstić information content (AvgIpc) is 3.04. The number of benzene rings is 4. The van der Waals surface area contributed by atoms with Gasteiger partial charge >= 0.3 is 13.7 Å². The number of hydrogen-bond acceptors (Lipinski definition) is 8. The molecule has 2 N–H and O–H groups in total. The first-order valence-electron chi connectivity index (χ1n) is 13.6. The van der Waals surface area contributed by atoms with Crippen LogP contribution in [0.15, 0.2) is 109 Å². The molecule has 1 heterocycles. The maximum atomic E-state index is 14.8. The number of rotatable bonds is 10. The van der Waals surface area contributed by atoms with Gasteiger partial charge in [-0.05, 0) is 47.5 Å². The number of nitrogens with zero attached hydrogens (tertiary/aromatic N) is 2. The number of alkyl carbamates (subject to hydrolysis) is 1. The molecule has 1 fully saturated rings. The Kier molecular flexibility index (Phi) is 9.40. The molecule has 1 atom stereocenters. The quantitative estimate of drug-likeness (QED) is 0.211. The largest absolute Gasteiger partial charge is 0.457 e. The fourth-order valence-electron chi connectivity index (χ4n) is 4.60. The monoisotopic (exact) mass is 582 g/mol. The highest BCUT2D eigenvalue weighted by Gasteiger charge is 2.43. The summed E-state index contributed by atoms with van der Waals surface area (Å²) in [6.45, 7) is 3.10. The zero-order chi connectivity index (χ0) is 29.2. The number of carbonyl (C=O) groups excluding carboxylic acids is 1. The minimum Gasteiger partial charge on any atom is -0.445 e. The number of nitrogens with one attached hydrogen (secondary N) is 2. The van der Waals surface area contributed by atoms with Crippen molar-refractivity contribution in [3.8, 4) is 17.6 Å². The molecule has 1 saturated heterocycles. The lowest BCUT2D eigenvalue weighted by Crippen LogP contribution is -2.43. The molecular weight excluding hydrogens is 551 g/mol. The van der Waals surface area contributed by atoms with Gasteiger partial charge < -0.3 is 29.3 Å². The Morgan fingerprint density at radius 1 is 0.881 bits per heavy atom. The van der Waals surface area contributed by atoms with E-state index in [0.29, 0.717) is 22.6 Å². The Morgan fingerprint density at radius 2 is 1.45 bits per heavy atom. The van der Waals surface area contributed by atoms with Gasteiger partial charge in [0.1, 0.15) is 24.2 Å². The van der Waals surface area contributed by atoms with Crippen LogP contribution in [0, 0.1) is 11.3 Å². The summed E-state index contributed by atoms with van der Waals surface area (Å²) in [4.78, 5) is 15.3. The van der Waals surface area contributed by atoms with Crippen molar-refractivity contribution in [2.24, 2.45) is 0 Å². The standard InChI is InChI=1S/C32H31N4O5P/c33-23-27-22-26(16-17-30(27)36-20-18-34-19-21-36)31(35-32(37)39-24-25-10-4-1-5-11-25)42(38,40-28-12-6-2-7-13-28)41-29-14-8-3-9-15-29/h1-17,22,31,34H,18-21,24H2,(H,35,37). The molecule has 0 bridgehead atoms. The molecule has 10 heteroatoms. The van der Waals surface area contributed by atoms with Gasteiger partial charge in [0.05, 0.1) is 11.3 Å². The van der Waals surface area contributed by atoms with Gasteiger partial charge in [-0.3, -0.25) is 0 Å². The Labute approximate surface area is 245 Å². The molecule has 214 valence electrons. The summed E-state index contributed by atoms with van der Waals surface area (Å²) < 4.78 is 32.5. The van der Waals surface area contributed by atoms with Crippen molar-refractivity contribution >= 4 is 19.4 Å². The Morgan fingerprint density at radius 3 is 2.02 bits per heavy atom. The molecule has 4 aromatic carbocycles. The van der Waals surface area contributed by atoms with Crippen LogP contribution in [-0.2, 0) is 15.9 Å². The number of piperazine rings is 1. The van der Waals surface area contributed by atoms with E-state index in [9.17, 15) is 14.6 Å². The third kappa shape index (κ3) is 7.29. The fourth-order valence-corrected chi connectivity index (χ4v) is 6.47. The molecule has 0 aromatic heterocycles. The van der Waals surface area contributed by atoms with E-state index < -0.39 is 19.5 Å². The van der Waals surface area contributed by atoms with Crippen molar-refractivity contribution < 1.29 is 23.1 Å². The first-order chi connectivity index (χ1) is 20.5. The van der Waals surface area contributed by atoms with Gasteiger partial charge in [0, 0.05) is 26.2 Å². The topological polar surface area (TPSA) is 113 Å². The number of hydrogen-bond donors (Lipinski definition) is 2. The fraction of sp³-hybridized carbons (Fsp3) is 0.188. The predicted octanol–water partition coefficient (Wildman–Crippen LogP) is 6.24. The zero-order valence-electron chi connectivity index (χ0n) is 22.9. The SMILES string of the molecule is N#Cc1cc(C(NC(=O)OCc2ccccc2)P(=O)(Oc2ccccc2)Oc2ccccc2)ccc1N1CCNCC1. The van der Waals surface area contributed by atoms with E-state index >= 15 is 0 Å². The van der Waals surface area contributed by atoms with E-state index in [0.717, 1.165) is 37.4 Å². The van der Waals surface area contributed by atoms with Gasteiger partial charge in [0.15, 0.2) is 5.78 Å². The van der Waals surface area contributed by atoms with E-state index in [2.05, 4.69) is 21.6 Å². The molecule has 9 nitrogen and oxygen atoms in total. The van der Waals surface area contributed by atoms with Crippen LogP contribution < -0.4 is 24.6 Å². The van der Waals surface area contributed by atoms with Crippen molar-refractivity contribution in [3.63, 3.8) is 0 Å². The van der Waals surface area contributed by atoms with Crippen LogP contribution in [0.2, 0.25) is 0 Å². The second-order valence-corrected chi connectivity index (χ2v) is 11.5. The summed E-state index contributed by atoms with van der Waals surface area (Å²) in [7, 11) is -4.27. The van der Waals surface area contributed by atoms with Crippen LogP contribution in [0.3, 0.4) is 0 Å². The van der Waals surface area contributed by atoms with Crippen LogP contribution in [0.1, 0.15) is 22.5 Å². The highest BCUT2D eigenvalue weighted by Crippen LogP contribution is 2.59. The molecule has 1 aliphatic rings. The minimum atomic E-state index is -4.27. The zero-order valence-corrected chi connectivity index (χ0v) is 23.8. The summed E-state index contributed by atoms with van der Waals surface area (Å²) in [6.07, 6.45) is -0.818. The van der Waals surface area contributed by atoms with Crippen LogP contribution >= 0.6 is 7.60 Å². The molecule has 42 heavy (non-hydrogen) atoms. The van der Waals surface area contributed by atoms with Crippen molar-refractivity contribution in [2.45, 2.75) is 12.4 Å². The molecule has 0 aliphatic carbocycles. The van der Waals surface area contributed by atoms with Crippen LogP contribution in [0.4, 0.5) is 10.5 Å². The van der Waals surface area contributed by atoms with Crippen LogP contribution in [0.5, 0.6) is 11.5 Å². The maximum Gasteiger partial charge on any atom is 0.457 e. The number of anilines is 1. The molecule has 0 saturated carbocycles. The molecule has 1 amide bonds. The lowest BCUT2D eigenvalue weighted by molar-refractivity contribution is 0.137. The average molecular weight is 583 g/mol. The molecule has 5 rings (SSSR count). The normalized spacial score (nSPS) is 13.8. The molecule has 0 spiro atoms. The Balaban J connectivity index is 1.53. The van der Waals surface area contributed by atoms with Crippen LogP contribution in [0.25, 0.3) is 0 Å². The molecule has 1 unspecified atom stereocenters. The van der Waals surface area contributed by atoms with Gasteiger partial charge in [-0.2, -0.15) is 5.26 Å². The van der Waals surface area contributed by atoms with E-state index in [1.165, 1.54) is 0 Å². The molecule has 1 aliphatic heterocycles. The number of ether oxygens (including phenoxy) is 1. The lowest BCUT2D eigenvalue weighted by Gasteiger charge is -2.31. The second kappa shape index (κ2) is 13.7. The van der Waals surface area contributed by atoms with Crippen LogP contribution in [-0.4, -0.2) is 32.3 Å². The number of carbonyl (C=O) groups is 1. The third-order valence-corrected chi connectivity index (χ3v) is 8.64. The lowest BCUT2D eigenvalue weighted by atomic mass is 10.1. The van der Waals surface area contributed by atoms with E-state index in [-0.39, 0.29) is 6.61 Å². The van der Waals surface area contributed by atoms with Crippen molar-refractivity contribution in [3.05, 3.63) is 126 Å². The molecule has 4 aromatic rings. The smallest absolute Gasteiger partial charge is 0.445 e. The highest BCUT2D eigenvalue weighted by atomic mass is 31.2. The van der Waals surface area contributed by atoms with E-state index in [1.807, 2.05) is 30.3 Å². The third-order valence-electron chi connectivity index (χ3n) is 6.65. The van der Waals surface area contributed by atoms with E-state index in [4.69, 9.17) is 13.8 Å². The van der Waals surface area contributed by atoms with Gasteiger partial charge in [-0.1, -0.05) is 72.8 Å². The summed E-state index contributed by atoms with van der Waals surface area (Å²) >= 11 is 0. The second-order valence-electron chi connectivity index (χ2n) is 9.58. The Bertz CT molecular complexity index is 1510. The van der Waals surface area contributed by atoms with Gasteiger partial charge in [0.2, 0.25) is 0 Å². The van der Waals surface area contributed by atoms with Gasteiger partial charge in [-0.25, -0.2) is 9.36 Å². The number of para-hydroxylation sites is 2. The summed E-state index contributed by atoms with van der Waals surface area (Å²) in [6, 6.07) is 33.8. The van der Waals surface area contributed by atoms with Crippen molar-refractivity contribution in [2.75, 3.05) is 31.1 Å². The summed E-state index contributed by atoms with van der Waals surface area (Å²) in [5.74, 6) is -0.733. The van der Waals surface area contributed by atoms with Crippen molar-refractivity contribution in [1.29, 1.82) is 5.26 Å². The first kappa shape index (κ1) is 28.7. The molecular formula is C32H31N4O5P. The number of amides is 1. The number of nitriles is 1. The van der Waals surface area contributed by atoms with Crippen molar-refractivity contribution in [1.82, 2.24) is 10.6 Å². The first-order valence-corrected chi connectivity index (χ1v) is 15.2. The summed E-state index contributed by atoms with van der Waals surface area (Å²) in [5, 5.41) is 16.1. The predicted molar refractivity (Wildman–Crippen MR) is 160 cm³/mol. The summed E-state index contributed by atoms with van der Waals surface area (Å²) in [5.41, 5.74) is 2.30. The molecule has 0 radical (unpaired) electrons.